The van der Waals surface area contributed by atoms with Crippen molar-refractivity contribution in [1.82, 2.24) is 10.2 Å². The zero-order valence-corrected chi connectivity index (χ0v) is 13.8. The maximum Gasteiger partial charge on any atom is 0.255 e. The van der Waals surface area contributed by atoms with Crippen molar-refractivity contribution < 1.29 is 4.79 Å². The highest BCUT2D eigenvalue weighted by Gasteiger charge is 2.20. The molecule has 2 heterocycles. The van der Waals surface area contributed by atoms with Crippen LogP contribution in [0.2, 0.25) is 0 Å². The Labute approximate surface area is 128 Å². The molecule has 0 aliphatic carbocycles. The Morgan fingerprint density at radius 1 is 1.35 bits per heavy atom. The minimum atomic E-state index is 0. The molecule has 1 N–H and O–H groups in total. The van der Waals surface area contributed by atoms with Crippen molar-refractivity contribution in [3.8, 4) is 0 Å². The van der Waals surface area contributed by atoms with Gasteiger partial charge in [0.05, 0.1) is 13.1 Å². The number of carbonyl (C=O) groups excluding carboxylic acids is 1. The van der Waals surface area contributed by atoms with Gasteiger partial charge in [-0.05, 0) is 50.9 Å². The third-order valence-electron chi connectivity index (χ3n) is 2.51. The van der Waals surface area contributed by atoms with E-state index in [9.17, 15) is 4.79 Å². The van der Waals surface area contributed by atoms with Crippen molar-refractivity contribution in [3.05, 3.63) is 19.2 Å². The van der Waals surface area contributed by atoms with E-state index in [2.05, 4.69) is 37.2 Å². The first-order valence-electron chi connectivity index (χ1n) is 5.13. The number of halogens is 3. The molecule has 3 nitrogen and oxygen atoms in total. The van der Waals surface area contributed by atoms with Crippen LogP contribution in [0.3, 0.4) is 0 Å². The van der Waals surface area contributed by atoms with E-state index in [4.69, 9.17) is 0 Å². The predicted octanol–water partition coefficient (Wildman–Crippen LogP) is 3.13. The second-order valence-corrected chi connectivity index (χ2v) is 7.38. The van der Waals surface area contributed by atoms with Gasteiger partial charge in [-0.1, -0.05) is 0 Å². The van der Waals surface area contributed by atoms with Crippen molar-refractivity contribution in [2.24, 2.45) is 0 Å². The van der Waals surface area contributed by atoms with Crippen LogP contribution < -0.4 is 5.32 Å². The molecule has 1 aromatic heterocycles. The second kappa shape index (κ2) is 7.09. The predicted molar refractivity (Wildman–Crippen MR) is 80.4 cm³/mol. The topological polar surface area (TPSA) is 32.3 Å². The Kier molecular flexibility index (Phi) is 6.44. The molecule has 17 heavy (non-hydrogen) atoms. The lowest BCUT2D eigenvalue weighted by Crippen LogP contribution is -2.34. The summed E-state index contributed by atoms with van der Waals surface area (Å²) >= 11 is 8.36. The molecule has 2 rings (SSSR count). The van der Waals surface area contributed by atoms with Crippen LogP contribution in [0.4, 0.5) is 0 Å². The third kappa shape index (κ3) is 3.92. The second-order valence-electron chi connectivity index (χ2n) is 3.63. The monoisotopic (exact) mass is 402 g/mol. The van der Waals surface area contributed by atoms with E-state index in [1.54, 1.807) is 0 Å². The smallest absolute Gasteiger partial charge is 0.255 e. The molecule has 0 unspecified atom stereocenters. The fraction of sp³-hybridized carbons (Fsp3) is 0.500. The van der Waals surface area contributed by atoms with Crippen LogP contribution in [0.25, 0.3) is 0 Å². The Balaban J connectivity index is 0.00000144. The average Bonchev–Trinajstić information content (AvgIpc) is 2.49. The van der Waals surface area contributed by atoms with E-state index in [1.807, 2.05) is 11.0 Å². The average molecular weight is 405 g/mol. The summed E-state index contributed by atoms with van der Waals surface area (Å²) < 4.78 is 1.89. The van der Waals surface area contributed by atoms with Crippen LogP contribution in [0.15, 0.2) is 13.6 Å². The number of hydrogen-bond donors (Lipinski definition) is 1. The van der Waals surface area contributed by atoms with Crippen molar-refractivity contribution in [2.45, 2.75) is 6.42 Å². The molecule has 0 bridgehead atoms. The van der Waals surface area contributed by atoms with E-state index >= 15 is 0 Å². The van der Waals surface area contributed by atoms with Crippen molar-refractivity contribution >= 4 is 61.5 Å². The fourth-order valence-electron chi connectivity index (χ4n) is 1.71. The Bertz CT molecular complexity index is 392. The summed E-state index contributed by atoms with van der Waals surface area (Å²) in [6.07, 6.45) is 1.02. The summed E-state index contributed by atoms with van der Waals surface area (Å²) in [5, 5.41) is 3.29. The lowest BCUT2D eigenvalue weighted by atomic mass is 10.3. The molecule has 0 aromatic carbocycles. The molecule has 0 radical (unpaired) electrons. The van der Waals surface area contributed by atoms with E-state index in [0.29, 0.717) is 0 Å². The Morgan fingerprint density at radius 3 is 2.76 bits per heavy atom. The van der Waals surface area contributed by atoms with Gasteiger partial charge >= 0.3 is 0 Å². The van der Waals surface area contributed by atoms with Gasteiger partial charge in [0.25, 0.3) is 5.91 Å². The normalized spacial score (nSPS) is 16.2. The highest BCUT2D eigenvalue weighted by atomic mass is 79.9. The molecule has 1 saturated heterocycles. The largest absolute Gasteiger partial charge is 0.337 e. The van der Waals surface area contributed by atoms with Crippen LogP contribution in [0, 0.1) is 0 Å². The van der Waals surface area contributed by atoms with Crippen molar-refractivity contribution in [2.75, 3.05) is 26.2 Å². The van der Waals surface area contributed by atoms with Gasteiger partial charge in [0.2, 0.25) is 0 Å². The molecular formula is C10H13Br2ClN2OS. The van der Waals surface area contributed by atoms with Gasteiger partial charge in [-0.25, -0.2) is 0 Å². The van der Waals surface area contributed by atoms with Gasteiger partial charge in [0.15, 0.2) is 0 Å². The molecule has 1 aromatic rings. The number of amides is 1. The van der Waals surface area contributed by atoms with Gasteiger partial charge in [-0.15, -0.1) is 23.7 Å². The zero-order valence-electron chi connectivity index (χ0n) is 9.04. The number of carbonyl (C=O) groups is 1. The molecule has 1 amide bonds. The SMILES string of the molecule is Cl.O=C(c1cc(Br)sc1Br)N1CCCNCC1. The maximum atomic E-state index is 12.2. The summed E-state index contributed by atoms with van der Waals surface area (Å²) in [7, 11) is 0. The fourth-order valence-corrected chi connectivity index (χ4v) is 4.48. The summed E-state index contributed by atoms with van der Waals surface area (Å²) in [4.78, 5) is 14.2. The van der Waals surface area contributed by atoms with Crippen LogP contribution in [-0.2, 0) is 0 Å². The molecule has 0 saturated carbocycles. The number of hydrogen-bond acceptors (Lipinski definition) is 3. The first-order valence-corrected chi connectivity index (χ1v) is 7.53. The molecule has 0 spiro atoms. The summed E-state index contributed by atoms with van der Waals surface area (Å²) in [6, 6.07) is 1.88. The summed E-state index contributed by atoms with van der Waals surface area (Å²) in [5.41, 5.74) is 0.763. The standard InChI is InChI=1S/C10H12Br2N2OS.ClH/c11-8-6-7(9(12)16-8)10(15)14-4-1-2-13-3-5-14;/h6,13H,1-5H2;1H. The molecule has 7 heteroatoms. The number of nitrogens with one attached hydrogen (secondary N) is 1. The number of nitrogens with zero attached hydrogens (tertiary/aromatic N) is 1. The number of thiophene rings is 1. The molecule has 0 atom stereocenters. The third-order valence-corrected chi connectivity index (χ3v) is 4.85. The summed E-state index contributed by atoms with van der Waals surface area (Å²) in [5.74, 6) is 0.123. The van der Waals surface area contributed by atoms with Crippen molar-refractivity contribution in [1.29, 1.82) is 0 Å². The lowest BCUT2D eigenvalue weighted by Gasteiger charge is -2.19. The highest BCUT2D eigenvalue weighted by Crippen LogP contribution is 2.32. The molecule has 1 aliphatic heterocycles. The van der Waals surface area contributed by atoms with Crippen LogP contribution in [-0.4, -0.2) is 37.0 Å². The maximum absolute atomic E-state index is 12.2. The van der Waals surface area contributed by atoms with Gasteiger partial charge in [0, 0.05) is 19.6 Å². The zero-order chi connectivity index (χ0) is 11.5. The van der Waals surface area contributed by atoms with Crippen LogP contribution in [0.1, 0.15) is 16.8 Å². The van der Waals surface area contributed by atoms with E-state index in [-0.39, 0.29) is 18.3 Å². The Hall–Kier alpha value is 0.380. The molecule has 1 aliphatic rings. The minimum Gasteiger partial charge on any atom is -0.337 e. The lowest BCUT2D eigenvalue weighted by molar-refractivity contribution is 0.0766. The first-order chi connectivity index (χ1) is 7.68. The van der Waals surface area contributed by atoms with Crippen LogP contribution in [0.5, 0.6) is 0 Å². The van der Waals surface area contributed by atoms with Crippen molar-refractivity contribution in [3.63, 3.8) is 0 Å². The van der Waals surface area contributed by atoms with E-state index < -0.39 is 0 Å². The van der Waals surface area contributed by atoms with E-state index in [1.165, 1.54) is 11.3 Å². The Morgan fingerprint density at radius 2 is 2.12 bits per heavy atom. The molecule has 96 valence electrons. The van der Waals surface area contributed by atoms with Gasteiger partial charge in [0.1, 0.15) is 0 Å². The summed E-state index contributed by atoms with van der Waals surface area (Å²) in [6.45, 7) is 3.51. The minimum absolute atomic E-state index is 0. The highest BCUT2D eigenvalue weighted by molar-refractivity contribution is 9.12. The van der Waals surface area contributed by atoms with Gasteiger partial charge in [-0.3, -0.25) is 4.79 Å². The quantitative estimate of drug-likeness (QED) is 0.780. The first kappa shape index (κ1) is 15.4. The van der Waals surface area contributed by atoms with Gasteiger partial charge < -0.3 is 10.2 Å². The van der Waals surface area contributed by atoms with Crippen LogP contribution >= 0.6 is 55.6 Å². The van der Waals surface area contributed by atoms with E-state index in [0.717, 1.165) is 45.7 Å². The van der Waals surface area contributed by atoms with Gasteiger partial charge in [-0.2, -0.15) is 0 Å². The molecular weight excluding hydrogens is 391 g/mol. The number of rotatable bonds is 1. The molecule has 1 fully saturated rings.